The Morgan fingerprint density at radius 2 is 1.09 bits per heavy atom. The lowest BCUT2D eigenvalue weighted by molar-refractivity contribution is 0.346. The normalized spacial score (nSPS) is 24.7. The maximum atomic E-state index is 13.5. The van der Waals surface area contributed by atoms with Gasteiger partial charge in [0.15, 0.2) is 0 Å². The molecule has 0 amide bonds. The number of halogens is 3. The van der Waals surface area contributed by atoms with Crippen molar-refractivity contribution in [3.8, 4) is 12.1 Å². The van der Waals surface area contributed by atoms with E-state index in [1.165, 1.54) is 25.0 Å². The number of rotatable bonds is 2. The molecule has 0 bridgehead atoms. The predicted octanol–water partition coefficient (Wildman–Crippen LogP) is 8.12. The first-order valence-corrected chi connectivity index (χ1v) is 11.9. The zero-order valence-electron chi connectivity index (χ0n) is 19.4. The number of hydrogen-bond donors (Lipinski definition) is 0. The monoisotopic (exact) mass is 452 g/mol. The molecule has 0 aliphatic heterocycles. The topological polar surface area (TPSA) is 47.6 Å². The van der Waals surface area contributed by atoms with E-state index >= 15 is 0 Å². The largest absolute Gasteiger partial charge is 0.206 e. The first-order chi connectivity index (χ1) is 15.8. The molecule has 2 aliphatic carbocycles. The van der Waals surface area contributed by atoms with Gasteiger partial charge >= 0.3 is 0 Å². The summed E-state index contributed by atoms with van der Waals surface area (Å²) in [6.45, 7) is 4.48. The minimum atomic E-state index is -0.735. The van der Waals surface area contributed by atoms with Gasteiger partial charge in [0.25, 0.3) is 0 Å². The van der Waals surface area contributed by atoms with Crippen LogP contribution in [0.5, 0.6) is 0 Å². The van der Waals surface area contributed by atoms with Gasteiger partial charge in [0.05, 0.1) is 5.56 Å². The molecule has 0 radical (unpaired) electrons. The van der Waals surface area contributed by atoms with Crippen molar-refractivity contribution in [2.75, 3.05) is 0 Å². The van der Waals surface area contributed by atoms with E-state index < -0.39 is 17.2 Å². The molecule has 0 N–H and O–H groups in total. The van der Waals surface area contributed by atoms with Crippen LogP contribution >= 0.6 is 0 Å². The van der Waals surface area contributed by atoms with E-state index in [0.717, 1.165) is 50.0 Å². The average Bonchev–Trinajstić information content (AvgIpc) is 2.80. The third-order valence-electron chi connectivity index (χ3n) is 7.26. The summed E-state index contributed by atoms with van der Waals surface area (Å²) in [4.78, 5) is 0. The van der Waals surface area contributed by atoms with Gasteiger partial charge in [0.2, 0.25) is 0 Å². The lowest BCUT2D eigenvalue weighted by Gasteiger charge is -2.26. The Labute approximate surface area is 195 Å². The third kappa shape index (κ3) is 6.38. The Morgan fingerprint density at radius 3 is 1.52 bits per heavy atom. The van der Waals surface area contributed by atoms with Gasteiger partial charge in [-0.3, -0.25) is 0 Å². The van der Waals surface area contributed by atoms with Crippen LogP contribution in [0, 0.1) is 51.9 Å². The Bertz CT molecular complexity index is 1010. The molecular formula is C28H31F3N2. The molecule has 0 aromatic heterocycles. The molecule has 0 heterocycles. The minimum Gasteiger partial charge on any atom is -0.206 e. The smallest absolute Gasteiger partial charge is 0.144 e. The van der Waals surface area contributed by atoms with Crippen molar-refractivity contribution >= 4 is 0 Å². The van der Waals surface area contributed by atoms with Crippen LogP contribution in [0.4, 0.5) is 13.2 Å². The van der Waals surface area contributed by atoms with Crippen LogP contribution in [-0.4, -0.2) is 0 Å². The molecule has 0 saturated heterocycles. The third-order valence-corrected chi connectivity index (χ3v) is 7.26. The van der Waals surface area contributed by atoms with Gasteiger partial charge in [-0.25, -0.2) is 13.2 Å². The van der Waals surface area contributed by atoms with Crippen LogP contribution in [-0.2, 0) is 0 Å². The molecule has 2 saturated carbocycles. The summed E-state index contributed by atoms with van der Waals surface area (Å²) in [5.74, 6) is 0.390. The molecular weight excluding hydrogens is 421 g/mol. The summed E-state index contributed by atoms with van der Waals surface area (Å²) < 4.78 is 40.4. The van der Waals surface area contributed by atoms with E-state index in [9.17, 15) is 13.2 Å². The molecule has 2 aromatic rings. The Balaban J connectivity index is 0.000000186. The molecule has 5 heteroatoms. The highest BCUT2D eigenvalue weighted by Gasteiger charge is 2.22. The molecule has 174 valence electrons. The van der Waals surface area contributed by atoms with Crippen molar-refractivity contribution < 1.29 is 13.2 Å². The molecule has 0 unspecified atom stereocenters. The van der Waals surface area contributed by atoms with Crippen LogP contribution in [0.2, 0.25) is 0 Å². The highest BCUT2D eigenvalue weighted by molar-refractivity contribution is 5.37. The lowest BCUT2D eigenvalue weighted by atomic mass is 9.79. The fourth-order valence-corrected chi connectivity index (χ4v) is 5.00. The van der Waals surface area contributed by atoms with Gasteiger partial charge in [-0.05, 0) is 84.7 Å². The molecule has 0 spiro atoms. The Morgan fingerprint density at radius 1 is 0.636 bits per heavy atom. The molecule has 0 atom stereocenters. The molecule has 2 aromatic carbocycles. The number of benzene rings is 2. The molecule has 33 heavy (non-hydrogen) atoms. The van der Waals surface area contributed by atoms with Crippen molar-refractivity contribution in [1.29, 1.82) is 10.5 Å². The molecule has 2 nitrogen and oxygen atoms in total. The highest BCUT2D eigenvalue weighted by atomic mass is 19.1. The maximum Gasteiger partial charge on any atom is 0.144 e. The van der Waals surface area contributed by atoms with Crippen LogP contribution in [0.25, 0.3) is 0 Å². The number of nitriles is 2. The first-order valence-electron chi connectivity index (χ1n) is 11.9. The van der Waals surface area contributed by atoms with E-state index in [1.807, 2.05) is 12.1 Å². The van der Waals surface area contributed by atoms with Gasteiger partial charge in [-0.2, -0.15) is 10.5 Å². The lowest BCUT2D eigenvalue weighted by Crippen LogP contribution is -2.11. The second-order valence-electron chi connectivity index (χ2n) is 9.74. The summed E-state index contributed by atoms with van der Waals surface area (Å²) in [5, 5.41) is 17.3. The van der Waals surface area contributed by atoms with Gasteiger partial charge in [0, 0.05) is 0 Å². The van der Waals surface area contributed by atoms with Gasteiger partial charge < -0.3 is 0 Å². The summed E-state index contributed by atoms with van der Waals surface area (Å²) in [7, 11) is 0. The molecule has 2 fully saturated rings. The zero-order valence-corrected chi connectivity index (χ0v) is 19.4. The van der Waals surface area contributed by atoms with Crippen LogP contribution in [0.1, 0.15) is 99.3 Å². The SMILES string of the molecule is CC1CCC(c2cc(F)c(C#N)c(F)c2)CC1.CC1CCC(c2ccc(C#N)c(F)c2)CC1. The minimum absolute atomic E-state index is 0.146. The standard InChI is InChI=1S/C14H15F2N.C14H16FN/c1-9-2-4-10(5-3-9)11-6-13(15)12(8-17)14(16)7-11;1-10-2-4-11(5-3-10)12-6-7-13(9-16)14(15)8-12/h6-7,9-10H,2-5H2,1H3;6-8,10-11H,2-5H2,1H3. The summed E-state index contributed by atoms with van der Waals surface area (Å²) >= 11 is 0. The van der Waals surface area contributed by atoms with Crippen molar-refractivity contribution in [2.24, 2.45) is 11.8 Å². The van der Waals surface area contributed by atoms with E-state index in [0.29, 0.717) is 17.4 Å². The predicted molar refractivity (Wildman–Crippen MR) is 123 cm³/mol. The summed E-state index contributed by atoms with van der Waals surface area (Å²) in [6.07, 6.45) is 8.91. The number of hydrogen-bond acceptors (Lipinski definition) is 2. The van der Waals surface area contributed by atoms with Crippen LogP contribution in [0.3, 0.4) is 0 Å². The van der Waals surface area contributed by atoms with Crippen molar-refractivity contribution in [3.05, 3.63) is 70.0 Å². The second kappa shape index (κ2) is 11.4. The van der Waals surface area contributed by atoms with Crippen LogP contribution in [0.15, 0.2) is 30.3 Å². The molecule has 2 aliphatic rings. The van der Waals surface area contributed by atoms with Gasteiger partial charge in [-0.15, -0.1) is 0 Å². The zero-order chi connectivity index (χ0) is 24.0. The fourth-order valence-electron chi connectivity index (χ4n) is 5.00. The van der Waals surface area contributed by atoms with Gasteiger partial charge in [-0.1, -0.05) is 45.6 Å². The number of nitrogens with zero attached hydrogens (tertiary/aromatic N) is 2. The van der Waals surface area contributed by atoms with Crippen molar-refractivity contribution in [3.63, 3.8) is 0 Å². The molecule has 4 rings (SSSR count). The Hall–Kier alpha value is -2.79. The van der Waals surface area contributed by atoms with Crippen molar-refractivity contribution in [1.82, 2.24) is 0 Å². The van der Waals surface area contributed by atoms with Crippen LogP contribution < -0.4 is 0 Å². The highest BCUT2D eigenvalue weighted by Crippen LogP contribution is 2.37. The van der Waals surface area contributed by atoms with E-state index in [4.69, 9.17) is 10.5 Å². The van der Waals surface area contributed by atoms with Gasteiger partial charge in [0.1, 0.15) is 35.2 Å². The fraction of sp³-hybridized carbons (Fsp3) is 0.500. The summed E-state index contributed by atoms with van der Waals surface area (Å²) in [6, 6.07) is 11.1. The summed E-state index contributed by atoms with van der Waals surface area (Å²) in [5.41, 5.74) is 1.43. The Kier molecular flexibility index (Phi) is 8.56. The quantitative estimate of drug-likeness (QED) is 0.462. The van der Waals surface area contributed by atoms with E-state index in [1.54, 1.807) is 18.2 Å². The van der Waals surface area contributed by atoms with E-state index in [2.05, 4.69) is 13.8 Å². The first kappa shape index (κ1) is 24.8. The maximum absolute atomic E-state index is 13.5. The second-order valence-corrected chi connectivity index (χ2v) is 9.74. The van der Waals surface area contributed by atoms with Crippen molar-refractivity contribution in [2.45, 2.75) is 77.0 Å². The average molecular weight is 453 g/mol. The van der Waals surface area contributed by atoms with E-state index in [-0.39, 0.29) is 17.3 Å².